The van der Waals surface area contributed by atoms with E-state index in [1.807, 2.05) is 0 Å². The monoisotopic (exact) mass is 398 g/mol. The zero-order valence-corrected chi connectivity index (χ0v) is 15.2. The van der Waals surface area contributed by atoms with Crippen LogP contribution >= 0.6 is 11.6 Å². The third kappa shape index (κ3) is 6.03. The lowest BCUT2D eigenvalue weighted by Crippen LogP contribution is -2.37. The molecule has 0 saturated heterocycles. The first-order valence-corrected chi connectivity index (χ1v) is 7.73. The van der Waals surface area contributed by atoms with Gasteiger partial charge in [-0.25, -0.2) is 4.79 Å². The van der Waals surface area contributed by atoms with Gasteiger partial charge in [0.05, 0.1) is 11.1 Å². The first kappa shape index (κ1) is 22.0. The molecule has 1 amide bonds. The molecule has 0 bridgehead atoms. The quantitative estimate of drug-likeness (QED) is 0.731. The molecule has 26 heavy (non-hydrogen) atoms. The number of aromatic nitrogens is 1. The summed E-state index contributed by atoms with van der Waals surface area (Å²) in [5.41, 5.74) is -2.81. The molecule has 0 fully saturated rings. The van der Waals surface area contributed by atoms with Crippen LogP contribution in [-0.2, 0) is 20.5 Å². The number of carbonyl (C=O) groups excluding carboxylic acids is 1. The molecule has 0 radical (unpaired) electrons. The van der Waals surface area contributed by atoms with Gasteiger partial charge in [-0.3, -0.25) is 4.79 Å². The van der Waals surface area contributed by atoms with Crippen LogP contribution in [0.3, 0.4) is 0 Å². The molecular weight excluding hydrogens is 381 g/mol. The van der Waals surface area contributed by atoms with E-state index in [2.05, 4.69) is 10.3 Å². The third-order valence-corrected chi connectivity index (χ3v) is 3.22. The fourth-order valence-electron chi connectivity index (χ4n) is 1.55. The van der Waals surface area contributed by atoms with Crippen molar-refractivity contribution in [3.8, 4) is 5.88 Å². The second-order valence-electron chi connectivity index (χ2n) is 5.99. The minimum Gasteiger partial charge on any atom is -0.479 e. The average Bonchev–Trinajstić information content (AvgIpc) is 2.46. The van der Waals surface area contributed by atoms with E-state index in [4.69, 9.17) is 26.2 Å². The second-order valence-corrected chi connectivity index (χ2v) is 6.40. The van der Waals surface area contributed by atoms with Gasteiger partial charge in [0.15, 0.2) is 11.4 Å². The molecule has 0 atom stereocenters. The molecule has 1 rings (SSSR count). The number of carbonyl (C=O) groups is 2. The number of nitrogens with zero attached hydrogens (tertiary/aromatic N) is 1. The Bertz CT molecular complexity index is 693. The molecule has 0 saturated carbocycles. The predicted octanol–water partition coefficient (Wildman–Crippen LogP) is 3.36. The number of alkyl halides is 3. The van der Waals surface area contributed by atoms with Gasteiger partial charge >= 0.3 is 12.1 Å². The van der Waals surface area contributed by atoms with Gasteiger partial charge in [-0.1, -0.05) is 11.6 Å². The number of amides is 1. The van der Waals surface area contributed by atoms with Crippen LogP contribution in [0.1, 0.15) is 33.3 Å². The summed E-state index contributed by atoms with van der Waals surface area (Å²) in [7, 11) is 0. The highest BCUT2D eigenvalue weighted by molar-refractivity contribution is 6.33. The van der Waals surface area contributed by atoms with E-state index in [1.54, 1.807) is 0 Å². The normalized spacial score (nSPS) is 12.2. The molecule has 0 aromatic carbocycles. The van der Waals surface area contributed by atoms with E-state index in [1.165, 1.54) is 27.7 Å². The van der Waals surface area contributed by atoms with Gasteiger partial charge in [-0.2, -0.15) is 18.2 Å². The van der Waals surface area contributed by atoms with Crippen molar-refractivity contribution in [2.24, 2.45) is 0 Å². The largest absolute Gasteiger partial charge is 0.479 e. The molecular formula is C15H18ClF3N2O5. The summed E-state index contributed by atoms with van der Waals surface area (Å²) in [4.78, 5) is 26.4. The van der Waals surface area contributed by atoms with Gasteiger partial charge in [0.2, 0.25) is 5.88 Å². The first-order valence-electron chi connectivity index (χ1n) is 7.35. The van der Waals surface area contributed by atoms with Crippen molar-refractivity contribution in [1.29, 1.82) is 0 Å². The summed E-state index contributed by atoms with van der Waals surface area (Å²) in [6.45, 7) is 4.83. The standard InChI is InChI=1S/C15H18ClF3N2O5/c1-7(2)26-12-8(15(17,18)19)5-9(16)11(21-12)20-10(22)6-25-14(3,4)13(23)24/h5,7H,6H2,1-4H3,(H,23,24)(H,20,21,22). The number of carboxylic acids is 1. The number of aliphatic carboxylic acids is 1. The minimum atomic E-state index is -4.75. The molecule has 0 aliphatic rings. The maximum Gasteiger partial charge on any atom is 0.421 e. The summed E-state index contributed by atoms with van der Waals surface area (Å²) in [6.07, 6.45) is -5.36. The Kier molecular flexibility index (Phi) is 6.83. The number of hydrogen-bond acceptors (Lipinski definition) is 5. The first-order chi connectivity index (χ1) is 11.7. The number of carboxylic acid groups (broad SMARTS) is 1. The van der Waals surface area contributed by atoms with E-state index < -0.39 is 52.8 Å². The third-order valence-electron chi connectivity index (χ3n) is 2.93. The molecule has 11 heteroatoms. The molecule has 0 spiro atoms. The van der Waals surface area contributed by atoms with E-state index in [9.17, 15) is 22.8 Å². The lowest BCUT2D eigenvalue weighted by atomic mass is 10.1. The maximum atomic E-state index is 13.1. The van der Waals surface area contributed by atoms with Gasteiger partial charge in [0, 0.05) is 0 Å². The van der Waals surface area contributed by atoms with Crippen LogP contribution in [0.5, 0.6) is 5.88 Å². The van der Waals surface area contributed by atoms with E-state index in [-0.39, 0.29) is 5.82 Å². The van der Waals surface area contributed by atoms with Gasteiger partial charge < -0.3 is 19.9 Å². The maximum absolute atomic E-state index is 13.1. The Morgan fingerprint density at radius 1 is 1.35 bits per heavy atom. The number of halogens is 4. The fraction of sp³-hybridized carbons (Fsp3) is 0.533. The lowest BCUT2D eigenvalue weighted by Gasteiger charge is -2.20. The summed E-state index contributed by atoms with van der Waals surface area (Å²) in [5, 5.41) is 10.6. The fourth-order valence-corrected chi connectivity index (χ4v) is 1.75. The molecule has 7 nitrogen and oxygen atoms in total. The summed E-state index contributed by atoms with van der Waals surface area (Å²) in [5.74, 6) is -3.23. The van der Waals surface area contributed by atoms with Gasteiger partial charge in [-0.05, 0) is 33.8 Å². The Morgan fingerprint density at radius 2 is 1.92 bits per heavy atom. The van der Waals surface area contributed by atoms with Crippen molar-refractivity contribution >= 4 is 29.3 Å². The van der Waals surface area contributed by atoms with Crippen LogP contribution in [0.25, 0.3) is 0 Å². The van der Waals surface area contributed by atoms with E-state index in [0.29, 0.717) is 6.07 Å². The molecule has 1 aromatic rings. The number of hydrogen-bond donors (Lipinski definition) is 2. The van der Waals surface area contributed by atoms with E-state index >= 15 is 0 Å². The minimum absolute atomic E-state index is 0.364. The molecule has 146 valence electrons. The van der Waals surface area contributed by atoms with Gasteiger partial charge in [0.25, 0.3) is 5.91 Å². The number of nitrogens with one attached hydrogen (secondary N) is 1. The number of ether oxygens (including phenoxy) is 2. The molecule has 0 aliphatic heterocycles. The Morgan fingerprint density at radius 3 is 2.38 bits per heavy atom. The van der Waals surface area contributed by atoms with Crippen LogP contribution in [0, 0.1) is 0 Å². The van der Waals surface area contributed by atoms with Gasteiger partial charge in [-0.15, -0.1) is 0 Å². The molecule has 1 aromatic heterocycles. The molecule has 0 aliphatic carbocycles. The van der Waals surface area contributed by atoms with Crippen LogP contribution in [0.15, 0.2) is 6.07 Å². The van der Waals surface area contributed by atoms with Gasteiger partial charge in [0.1, 0.15) is 12.2 Å². The highest BCUT2D eigenvalue weighted by Gasteiger charge is 2.37. The summed E-state index contributed by atoms with van der Waals surface area (Å²) < 4.78 is 49.2. The van der Waals surface area contributed by atoms with Crippen LogP contribution in [-0.4, -0.2) is 40.3 Å². The molecule has 1 heterocycles. The van der Waals surface area contributed by atoms with Crippen molar-refractivity contribution < 1.29 is 37.3 Å². The van der Waals surface area contributed by atoms with Crippen molar-refractivity contribution in [2.75, 3.05) is 11.9 Å². The lowest BCUT2D eigenvalue weighted by molar-refractivity contribution is -0.162. The predicted molar refractivity (Wildman–Crippen MR) is 86.3 cm³/mol. The Balaban J connectivity index is 3.03. The molecule has 2 N–H and O–H groups in total. The van der Waals surface area contributed by atoms with E-state index in [0.717, 1.165) is 0 Å². The number of rotatable bonds is 7. The van der Waals surface area contributed by atoms with Crippen molar-refractivity contribution in [3.05, 3.63) is 16.7 Å². The SMILES string of the molecule is CC(C)Oc1nc(NC(=O)COC(C)(C)C(=O)O)c(Cl)cc1C(F)(F)F. The number of pyridine rings is 1. The Labute approximate surface area is 152 Å². The van der Waals surface area contributed by atoms with Crippen LogP contribution < -0.4 is 10.1 Å². The summed E-state index contributed by atoms with van der Waals surface area (Å²) >= 11 is 5.76. The Hall–Kier alpha value is -2.07. The topological polar surface area (TPSA) is 97.8 Å². The highest BCUT2D eigenvalue weighted by atomic mass is 35.5. The zero-order valence-electron chi connectivity index (χ0n) is 14.4. The van der Waals surface area contributed by atoms with Crippen molar-refractivity contribution in [3.63, 3.8) is 0 Å². The summed E-state index contributed by atoms with van der Waals surface area (Å²) in [6, 6.07) is 0.587. The average molecular weight is 399 g/mol. The smallest absolute Gasteiger partial charge is 0.421 e. The van der Waals surface area contributed by atoms with Crippen LogP contribution in [0.2, 0.25) is 5.02 Å². The zero-order chi connectivity index (χ0) is 20.3. The van der Waals surface area contributed by atoms with Crippen molar-refractivity contribution in [1.82, 2.24) is 4.98 Å². The van der Waals surface area contributed by atoms with Crippen LogP contribution in [0.4, 0.5) is 19.0 Å². The highest BCUT2D eigenvalue weighted by Crippen LogP contribution is 2.39. The molecule has 0 unspecified atom stereocenters. The number of anilines is 1. The second kappa shape index (κ2) is 8.09. The van der Waals surface area contributed by atoms with Crippen molar-refractivity contribution in [2.45, 2.75) is 45.6 Å².